The molecule has 0 bridgehead atoms. The quantitative estimate of drug-likeness (QED) is 0.276. The predicted molar refractivity (Wildman–Crippen MR) is 156 cm³/mol. The van der Waals surface area contributed by atoms with E-state index in [0.29, 0.717) is 4.57 Å². The highest BCUT2D eigenvalue weighted by Crippen LogP contribution is 2.27. The van der Waals surface area contributed by atoms with Crippen LogP contribution in [0, 0.1) is 17.6 Å². The molecule has 0 saturated carbocycles. The molecule has 0 aliphatic rings. The third-order valence-electron chi connectivity index (χ3n) is 6.52. The molecule has 2 heterocycles. The van der Waals surface area contributed by atoms with Crippen molar-refractivity contribution in [1.82, 2.24) is 24.3 Å². The number of allylic oxidation sites excluding steroid dienone is 1. The van der Waals surface area contributed by atoms with Gasteiger partial charge in [0.1, 0.15) is 17.6 Å². The fourth-order valence-electron chi connectivity index (χ4n) is 4.38. The summed E-state index contributed by atoms with van der Waals surface area (Å²) in [5.74, 6) is -3.63. The van der Waals surface area contributed by atoms with Crippen molar-refractivity contribution in [3.8, 4) is 0 Å². The largest absolute Gasteiger partial charge is 0.464 e. The van der Waals surface area contributed by atoms with Crippen molar-refractivity contribution in [2.75, 3.05) is 26.5 Å². The summed E-state index contributed by atoms with van der Waals surface area (Å²) in [6.45, 7) is 3.17. The Morgan fingerprint density at radius 2 is 1.91 bits per heavy atom. The molecule has 1 atom stereocenters. The monoisotopic (exact) mass is 616 g/mol. The molecule has 2 aromatic heterocycles. The summed E-state index contributed by atoms with van der Waals surface area (Å²) in [5, 5.41) is 14.7. The van der Waals surface area contributed by atoms with Crippen LogP contribution in [0.15, 0.2) is 41.3 Å². The van der Waals surface area contributed by atoms with Gasteiger partial charge in [0.15, 0.2) is 11.6 Å². The van der Waals surface area contributed by atoms with Gasteiger partial charge in [-0.3, -0.25) is 14.4 Å². The van der Waals surface area contributed by atoms with Gasteiger partial charge in [-0.25, -0.2) is 27.9 Å². The number of carbonyl (C=O) groups is 4. The zero-order valence-electron chi connectivity index (χ0n) is 24.9. The van der Waals surface area contributed by atoms with Crippen LogP contribution in [0.1, 0.15) is 38.1 Å². The van der Waals surface area contributed by atoms with Gasteiger partial charge in [-0.15, -0.1) is 0 Å². The summed E-state index contributed by atoms with van der Waals surface area (Å²) < 4.78 is 35.5. The summed E-state index contributed by atoms with van der Waals surface area (Å²) in [4.78, 5) is 67.8. The van der Waals surface area contributed by atoms with E-state index in [2.05, 4.69) is 20.4 Å². The van der Waals surface area contributed by atoms with E-state index in [9.17, 15) is 37.9 Å². The van der Waals surface area contributed by atoms with Crippen LogP contribution < -0.4 is 16.2 Å². The van der Waals surface area contributed by atoms with Crippen LogP contribution in [0.5, 0.6) is 0 Å². The second-order valence-electron chi connectivity index (χ2n) is 10.5. The number of methoxy groups -OCH3 is 1. The zero-order chi connectivity index (χ0) is 32.7. The molecule has 0 saturated heterocycles. The van der Waals surface area contributed by atoms with Crippen LogP contribution in [0.4, 0.5) is 24.1 Å². The van der Waals surface area contributed by atoms with Gasteiger partial charge in [-0.1, -0.05) is 19.9 Å². The van der Waals surface area contributed by atoms with Gasteiger partial charge in [-0.05, 0) is 43.4 Å². The molecular weight excluding hydrogens is 582 g/mol. The third kappa shape index (κ3) is 7.85. The number of benzene rings is 1. The molecule has 3 aromatic rings. The molecule has 0 unspecified atom stereocenters. The average molecular weight is 617 g/mol. The first-order valence-corrected chi connectivity index (χ1v) is 13.6. The first-order valence-electron chi connectivity index (χ1n) is 13.6. The highest BCUT2D eigenvalue weighted by Gasteiger charge is 2.25. The Kier molecular flexibility index (Phi) is 10.9. The maximum absolute atomic E-state index is 14.7. The molecule has 0 spiro atoms. The van der Waals surface area contributed by atoms with Crippen molar-refractivity contribution in [2.24, 2.45) is 5.92 Å². The van der Waals surface area contributed by atoms with Gasteiger partial charge in [0.2, 0.25) is 11.8 Å². The lowest BCUT2D eigenvalue weighted by Crippen LogP contribution is -2.44. The molecule has 13 nitrogen and oxygen atoms in total. The topological polar surface area (TPSA) is 165 Å². The smallest absolute Gasteiger partial charge is 0.417 e. The number of halogens is 2. The summed E-state index contributed by atoms with van der Waals surface area (Å²) >= 11 is 0. The molecule has 0 aliphatic heterocycles. The molecule has 236 valence electrons. The number of likely N-dealkylation sites (N-methyl/N-ethyl adjacent to an activating group) is 1. The number of imidazole rings is 1. The molecular formula is C29H34F2N6O7. The number of nitrogens with one attached hydrogen (secondary N) is 2. The van der Waals surface area contributed by atoms with Crippen LogP contribution in [0.25, 0.3) is 11.0 Å². The number of hydrogen-bond acceptors (Lipinski definition) is 7. The highest BCUT2D eigenvalue weighted by atomic mass is 19.2. The van der Waals surface area contributed by atoms with Gasteiger partial charge in [0, 0.05) is 31.9 Å². The fraction of sp³-hybridized carbons (Fsp3) is 0.379. The first kappa shape index (κ1) is 33.4. The van der Waals surface area contributed by atoms with Crippen molar-refractivity contribution in [3.05, 3.63) is 69.9 Å². The van der Waals surface area contributed by atoms with E-state index in [-0.39, 0.29) is 59.2 Å². The van der Waals surface area contributed by atoms with E-state index < -0.39 is 47.9 Å². The number of anilines is 1. The van der Waals surface area contributed by atoms with Crippen molar-refractivity contribution < 1.29 is 37.8 Å². The number of fused-ring (bicyclic) bond motifs is 1. The molecule has 3 N–H and O–H groups in total. The molecule has 15 heteroatoms. The molecule has 3 amide bonds. The van der Waals surface area contributed by atoms with E-state index in [1.807, 2.05) is 0 Å². The minimum Gasteiger partial charge on any atom is -0.464 e. The molecule has 44 heavy (non-hydrogen) atoms. The van der Waals surface area contributed by atoms with Gasteiger partial charge in [0.25, 0.3) is 5.56 Å². The number of nitrogens with zero attached hydrogens (tertiary/aromatic N) is 4. The highest BCUT2D eigenvalue weighted by molar-refractivity contribution is 5.96. The molecule has 0 radical (unpaired) electrons. The third-order valence-corrected chi connectivity index (χ3v) is 6.52. The average Bonchev–Trinajstić information content (AvgIpc) is 3.31. The normalized spacial score (nSPS) is 12.0. The Bertz CT molecular complexity index is 1660. The van der Waals surface area contributed by atoms with Gasteiger partial charge in [0.05, 0.1) is 24.7 Å². The lowest BCUT2D eigenvalue weighted by molar-refractivity contribution is -0.123. The SMILES string of the molecule is COC(=O)N[C@@H](CC/C=C/C(=O)N(C)C)C(=O)Nc1cccn(Cc2nc3c(CC(C)C)c(F)c(F)cc3n2C(=O)O)c1=O. The standard InChI is InChI=1S/C29H34F2N6O7/c1-16(2)13-17-24(31)18(30)14-21-25(17)34-22(37(21)29(42)43)15-36-12-8-10-20(27(36)40)32-26(39)19(33-28(41)44-5)9-6-7-11-23(38)35(3)4/h7-8,10-12,14,16,19H,6,9,13,15H2,1-5H3,(H,32,39)(H,33,41)(H,42,43)/b11-7+/t19-/m0/s1. The first-order chi connectivity index (χ1) is 20.7. The van der Waals surface area contributed by atoms with Crippen LogP contribution >= 0.6 is 0 Å². The number of carbonyl (C=O) groups excluding carboxylic acids is 3. The van der Waals surface area contributed by atoms with Crippen LogP contribution in [-0.4, -0.2) is 75.4 Å². The Labute approximate surface area is 251 Å². The second-order valence-corrected chi connectivity index (χ2v) is 10.5. The lowest BCUT2D eigenvalue weighted by Gasteiger charge is -2.17. The number of carboxylic acid groups (broad SMARTS) is 1. The molecule has 1 aromatic carbocycles. The van der Waals surface area contributed by atoms with Crippen molar-refractivity contribution in [2.45, 2.75) is 45.7 Å². The maximum atomic E-state index is 14.7. The van der Waals surface area contributed by atoms with Crippen molar-refractivity contribution in [3.63, 3.8) is 0 Å². The Hall–Kier alpha value is -5.08. The number of hydrogen-bond donors (Lipinski definition) is 3. The molecule has 0 fully saturated rings. The van der Waals surface area contributed by atoms with Gasteiger partial charge in [-0.2, -0.15) is 0 Å². The van der Waals surface area contributed by atoms with E-state index in [1.54, 1.807) is 27.9 Å². The van der Waals surface area contributed by atoms with Gasteiger partial charge < -0.3 is 29.9 Å². The second kappa shape index (κ2) is 14.4. The Balaban J connectivity index is 1.92. The van der Waals surface area contributed by atoms with E-state index in [1.165, 1.54) is 35.4 Å². The number of alkyl carbamates (subject to hydrolysis) is 1. The lowest BCUT2D eigenvalue weighted by atomic mass is 10.0. The van der Waals surface area contributed by atoms with E-state index in [4.69, 9.17) is 0 Å². The van der Waals surface area contributed by atoms with Crippen LogP contribution in [-0.2, 0) is 27.3 Å². The summed E-state index contributed by atoms with van der Waals surface area (Å²) in [6.07, 6.45) is 2.18. The summed E-state index contributed by atoms with van der Waals surface area (Å²) in [5.41, 5.74) is -1.21. The molecule has 0 aliphatic carbocycles. The fourth-order valence-corrected chi connectivity index (χ4v) is 4.38. The maximum Gasteiger partial charge on any atom is 0.417 e. The van der Waals surface area contributed by atoms with Crippen LogP contribution in [0.3, 0.4) is 0 Å². The number of rotatable bonds is 11. The van der Waals surface area contributed by atoms with Crippen molar-refractivity contribution >= 4 is 40.7 Å². The zero-order valence-corrected chi connectivity index (χ0v) is 24.9. The number of amides is 3. The number of ether oxygens (including phenoxy) is 1. The summed E-state index contributed by atoms with van der Waals surface area (Å²) in [7, 11) is 4.28. The number of aromatic nitrogens is 3. The Morgan fingerprint density at radius 3 is 2.52 bits per heavy atom. The minimum absolute atomic E-state index is 0.0365. The Morgan fingerprint density at radius 1 is 1.20 bits per heavy atom. The van der Waals surface area contributed by atoms with Crippen LogP contribution in [0.2, 0.25) is 0 Å². The minimum atomic E-state index is -1.51. The van der Waals surface area contributed by atoms with Gasteiger partial charge >= 0.3 is 12.2 Å². The number of pyridine rings is 1. The van der Waals surface area contributed by atoms with E-state index >= 15 is 0 Å². The van der Waals surface area contributed by atoms with E-state index in [0.717, 1.165) is 17.7 Å². The summed E-state index contributed by atoms with van der Waals surface area (Å²) in [6, 6.07) is 2.34. The molecule has 3 rings (SSSR count). The predicted octanol–water partition coefficient (Wildman–Crippen LogP) is 3.34. The van der Waals surface area contributed by atoms with Crippen molar-refractivity contribution in [1.29, 1.82) is 0 Å².